The second-order valence-electron chi connectivity index (χ2n) is 11.3. The first-order valence-electron chi connectivity index (χ1n) is 16.2. The van der Waals surface area contributed by atoms with Crippen molar-refractivity contribution in [2.75, 3.05) is 45.1 Å². The maximum absolute atomic E-state index is 12.1. The van der Waals surface area contributed by atoms with Crippen LogP contribution in [0.5, 0.6) is 0 Å². The van der Waals surface area contributed by atoms with Gasteiger partial charge in [0.25, 0.3) is 5.91 Å². The molecule has 9 heteroatoms. The number of nitrogens with zero attached hydrogens (tertiary/aromatic N) is 3. The Morgan fingerprint density at radius 3 is 2.36 bits per heavy atom. The van der Waals surface area contributed by atoms with E-state index in [0.717, 1.165) is 30.9 Å². The largest absolute Gasteiger partial charge is 0.357 e. The first-order chi connectivity index (χ1) is 21.3. The van der Waals surface area contributed by atoms with Gasteiger partial charge >= 0.3 is 0 Å². The highest BCUT2D eigenvalue weighted by atomic mass is 16.1. The Labute approximate surface area is 266 Å². The van der Waals surface area contributed by atoms with Gasteiger partial charge in [-0.2, -0.15) is 0 Å². The van der Waals surface area contributed by atoms with Gasteiger partial charge in [0, 0.05) is 55.6 Å². The summed E-state index contributed by atoms with van der Waals surface area (Å²) >= 11 is 0. The van der Waals surface area contributed by atoms with E-state index in [9.17, 15) is 4.79 Å². The topological polar surface area (TPSA) is 130 Å². The molecule has 1 aliphatic heterocycles. The van der Waals surface area contributed by atoms with Crippen LogP contribution in [-0.4, -0.2) is 79.5 Å². The number of carbonyl (C=O) groups excluding carboxylic acids is 2. The number of likely N-dealkylation sites (tertiary alicyclic amines) is 1. The highest BCUT2D eigenvalue weighted by Crippen LogP contribution is 2.40. The molecule has 3 unspecified atom stereocenters. The molecule has 0 radical (unpaired) electrons. The number of piperidine rings is 1. The van der Waals surface area contributed by atoms with Crippen LogP contribution in [0.3, 0.4) is 0 Å². The zero-order valence-electron chi connectivity index (χ0n) is 28.1. The normalized spacial score (nSPS) is 18.2. The summed E-state index contributed by atoms with van der Waals surface area (Å²) in [4.78, 5) is 29.0. The van der Waals surface area contributed by atoms with Gasteiger partial charge in [0.1, 0.15) is 12.6 Å². The maximum Gasteiger partial charge on any atom is 0.256 e. The molecule has 6 N–H and O–H groups in total. The molecule has 1 aromatic carbocycles. The average Bonchev–Trinajstić information content (AvgIpc) is 3.91. The molecule has 2 heterocycles. The molecule has 4 rings (SSSR count). The SMILES string of the molecule is C=C(CN)N(CCNC)C(N)C1CCC(C)N(CCC)C1.C=O.CC.Cc1ccc(C(=O)Nc2cc(C3CC3)ccn2)cc1. The molecule has 2 aromatic rings. The van der Waals surface area contributed by atoms with Crippen LogP contribution in [-0.2, 0) is 4.79 Å². The van der Waals surface area contributed by atoms with Crippen LogP contribution in [0.4, 0.5) is 5.82 Å². The highest BCUT2D eigenvalue weighted by molar-refractivity contribution is 6.03. The number of pyridine rings is 1. The van der Waals surface area contributed by atoms with Gasteiger partial charge in [-0.1, -0.05) is 45.0 Å². The lowest BCUT2D eigenvalue weighted by atomic mass is 9.90. The van der Waals surface area contributed by atoms with Gasteiger partial charge < -0.3 is 36.7 Å². The van der Waals surface area contributed by atoms with Gasteiger partial charge in [-0.25, -0.2) is 4.98 Å². The van der Waals surface area contributed by atoms with Crippen molar-refractivity contribution in [3.63, 3.8) is 0 Å². The zero-order chi connectivity index (χ0) is 33.1. The molecule has 3 atom stereocenters. The third-order valence-electron chi connectivity index (χ3n) is 8.03. The van der Waals surface area contributed by atoms with Gasteiger partial charge in [0.15, 0.2) is 0 Å². The molecule has 2 fully saturated rings. The molecule has 1 saturated carbocycles. The third-order valence-corrected chi connectivity index (χ3v) is 8.03. The third kappa shape index (κ3) is 12.9. The Morgan fingerprint density at radius 1 is 1.14 bits per heavy atom. The fourth-order valence-corrected chi connectivity index (χ4v) is 5.29. The number of aryl methyl sites for hydroxylation is 1. The number of carbonyl (C=O) groups is 2. The average molecular weight is 610 g/mol. The second kappa shape index (κ2) is 21.6. The number of anilines is 1. The lowest BCUT2D eigenvalue weighted by molar-refractivity contribution is -0.0980. The smallest absolute Gasteiger partial charge is 0.256 e. The highest BCUT2D eigenvalue weighted by Gasteiger charge is 2.31. The van der Waals surface area contributed by atoms with Gasteiger partial charge in [-0.15, -0.1) is 0 Å². The molecule has 246 valence electrons. The van der Waals surface area contributed by atoms with Crippen molar-refractivity contribution in [3.8, 4) is 0 Å². The summed E-state index contributed by atoms with van der Waals surface area (Å²) in [5.41, 5.74) is 16.4. The van der Waals surface area contributed by atoms with E-state index >= 15 is 0 Å². The summed E-state index contributed by atoms with van der Waals surface area (Å²) in [5, 5.41) is 6.03. The minimum Gasteiger partial charge on any atom is -0.357 e. The number of benzene rings is 1. The molecular formula is C35H59N7O2. The summed E-state index contributed by atoms with van der Waals surface area (Å²) in [7, 11) is 1.96. The number of hydrogen-bond acceptors (Lipinski definition) is 8. The molecule has 1 saturated heterocycles. The van der Waals surface area contributed by atoms with E-state index in [0.29, 0.717) is 35.8 Å². The van der Waals surface area contributed by atoms with Crippen LogP contribution in [0, 0.1) is 12.8 Å². The van der Waals surface area contributed by atoms with Crippen molar-refractivity contribution in [1.29, 1.82) is 0 Å². The molecule has 9 nitrogen and oxygen atoms in total. The number of hydrogen-bond donors (Lipinski definition) is 4. The second-order valence-corrected chi connectivity index (χ2v) is 11.3. The summed E-state index contributed by atoms with van der Waals surface area (Å²) < 4.78 is 0. The van der Waals surface area contributed by atoms with E-state index in [1.54, 1.807) is 6.20 Å². The number of nitrogens with one attached hydrogen (secondary N) is 2. The Balaban J connectivity index is 0.000000396. The molecule has 0 bridgehead atoms. The quantitative estimate of drug-likeness (QED) is 0.244. The standard InChI is InChI=1S/C16H35N5.C16H16N2O.C2H6.CH2O/c1-5-9-20-12-15(7-6-13(20)2)16(18)21(10-8-19-4)14(3)11-17;1-11-2-4-13(5-3-11)16(19)18-15-10-14(8-9-17-15)12-6-7-12;2*1-2/h13,15-16,19H,3,5-12,17-18H2,1-2,4H3;2-5,8-10,12H,6-7H2,1H3,(H,17,18,19);1-2H3;1H2. The Kier molecular flexibility index (Phi) is 19.1. The molecule has 0 spiro atoms. The minimum atomic E-state index is -0.111. The van der Waals surface area contributed by atoms with Crippen LogP contribution in [0.2, 0.25) is 0 Å². The van der Waals surface area contributed by atoms with Gasteiger partial charge in [-0.05, 0) is 95.3 Å². The fourth-order valence-electron chi connectivity index (χ4n) is 5.29. The van der Waals surface area contributed by atoms with Crippen LogP contribution in [0.25, 0.3) is 0 Å². The van der Waals surface area contributed by atoms with E-state index in [1.807, 2.05) is 71.0 Å². The van der Waals surface area contributed by atoms with E-state index in [2.05, 4.69) is 45.8 Å². The zero-order valence-corrected chi connectivity index (χ0v) is 28.1. The minimum absolute atomic E-state index is 0.0151. The van der Waals surface area contributed by atoms with Gasteiger partial charge in [0.2, 0.25) is 0 Å². The number of amides is 1. The Bertz CT molecular complexity index is 1090. The first-order valence-corrected chi connectivity index (χ1v) is 16.2. The van der Waals surface area contributed by atoms with Crippen LogP contribution in [0.15, 0.2) is 54.9 Å². The van der Waals surface area contributed by atoms with Crippen molar-refractivity contribution in [2.45, 2.75) is 84.8 Å². The number of rotatable bonds is 12. The van der Waals surface area contributed by atoms with Crippen molar-refractivity contribution in [3.05, 3.63) is 71.6 Å². The lowest BCUT2D eigenvalue weighted by Gasteiger charge is -2.44. The van der Waals surface area contributed by atoms with E-state index < -0.39 is 0 Å². The van der Waals surface area contributed by atoms with Crippen molar-refractivity contribution in [1.82, 2.24) is 20.1 Å². The molecular weight excluding hydrogens is 550 g/mol. The van der Waals surface area contributed by atoms with Crippen molar-refractivity contribution >= 4 is 18.5 Å². The molecule has 1 aromatic heterocycles. The van der Waals surface area contributed by atoms with Gasteiger partial charge in [-0.3, -0.25) is 4.79 Å². The number of nitrogens with two attached hydrogens (primary N) is 2. The Morgan fingerprint density at radius 2 is 1.80 bits per heavy atom. The summed E-state index contributed by atoms with van der Waals surface area (Å²) in [5.74, 6) is 1.68. The number of aromatic nitrogens is 1. The van der Waals surface area contributed by atoms with Crippen LogP contribution < -0.4 is 22.1 Å². The predicted octanol–water partition coefficient (Wildman–Crippen LogP) is 5.14. The maximum atomic E-state index is 12.1. The molecule has 2 aliphatic rings. The van der Waals surface area contributed by atoms with Crippen LogP contribution in [0.1, 0.15) is 87.2 Å². The molecule has 1 amide bonds. The van der Waals surface area contributed by atoms with E-state index in [1.165, 1.54) is 44.2 Å². The summed E-state index contributed by atoms with van der Waals surface area (Å²) in [6.45, 7) is 21.2. The van der Waals surface area contributed by atoms with Crippen molar-refractivity contribution in [2.24, 2.45) is 17.4 Å². The fraction of sp³-hybridized carbons (Fsp3) is 0.571. The van der Waals surface area contributed by atoms with E-state index in [4.69, 9.17) is 16.3 Å². The van der Waals surface area contributed by atoms with Crippen molar-refractivity contribution < 1.29 is 9.59 Å². The lowest BCUT2D eigenvalue weighted by Crippen LogP contribution is -2.55. The van der Waals surface area contributed by atoms with E-state index in [-0.39, 0.29) is 12.1 Å². The summed E-state index contributed by atoms with van der Waals surface area (Å²) in [6.07, 6.45) is 7.89. The first kappa shape index (κ1) is 38.9. The summed E-state index contributed by atoms with van der Waals surface area (Å²) in [6, 6.07) is 12.2. The van der Waals surface area contributed by atoms with Crippen LogP contribution >= 0.6 is 0 Å². The molecule has 1 aliphatic carbocycles. The Hall–Kier alpha value is -3.11. The van der Waals surface area contributed by atoms with Gasteiger partial charge in [0.05, 0.1) is 6.17 Å². The predicted molar refractivity (Wildman–Crippen MR) is 185 cm³/mol. The molecule has 44 heavy (non-hydrogen) atoms. The number of likely N-dealkylation sites (N-methyl/N-ethyl adjacent to an activating group) is 1. The monoisotopic (exact) mass is 609 g/mol.